The lowest BCUT2D eigenvalue weighted by Crippen LogP contribution is -2.42. The van der Waals surface area contributed by atoms with Crippen molar-refractivity contribution in [2.24, 2.45) is 7.05 Å². The Morgan fingerprint density at radius 1 is 1.11 bits per heavy atom. The van der Waals surface area contributed by atoms with Gasteiger partial charge in [0.1, 0.15) is 12.1 Å². The Balaban J connectivity index is 1.72. The van der Waals surface area contributed by atoms with Crippen LogP contribution in [0.3, 0.4) is 0 Å². The van der Waals surface area contributed by atoms with Crippen molar-refractivity contribution in [2.45, 2.75) is 35.1 Å². The monoisotopic (exact) mass is 414 g/mol. The van der Waals surface area contributed by atoms with E-state index in [1.807, 2.05) is 6.92 Å². The minimum atomic E-state index is -3.67. The zero-order valence-electron chi connectivity index (χ0n) is 15.1. The fourth-order valence-electron chi connectivity index (χ4n) is 3.09. The highest BCUT2D eigenvalue weighted by molar-refractivity contribution is 7.92. The van der Waals surface area contributed by atoms with Gasteiger partial charge in [0.2, 0.25) is 25.0 Å². The third-order valence-electron chi connectivity index (χ3n) is 4.54. The number of piperidine rings is 1. The summed E-state index contributed by atoms with van der Waals surface area (Å²) in [6, 6.07) is 6.23. The number of sulfone groups is 1. The molecule has 0 N–H and O–H groups in total. The maximum absolute atomic E-state index is 12.8. The molecule has 2 aromatic rings. The molecule has 1 saturated heterocycles. The molecule has 1 aliphatic heterocycles. The van der Waals surface area contributed by atoms with Gasteiger partial charge in [-0.3, -0.25) is 0 Å². The van der Waals surface area contributed by atoms with E-state index in [-0.39, 0.29) is 36.0 Å². The lowest BCUT2D eigenvalue weighted by atomic mass is 10.2. The van der Waals surface area contributed by atoms with Crippen molar-refractivity contribution in [1.82, 2.24) is 19.1 Å². The first-order valence-electron chi connectivity index (χ1n) is 8.57. The summed E-state index contributed by atoms with van der Waals surface area (Å²) in [5.74, 6) is 0.602. The molecule has 2 heterocycles. The molecule has 3 rings (SSSR count). The predicted octanol–water partition coefficient (Wildman–Crippen LogP) is 0.841. The van der Waals surface area contributed by atoms with Gasteiger partial charge in [-0.2, -0.15) is 4.31 Å². The van der Waals surface area contributed by atoms with Gasteiger partial charge in [-0.15, -0.1) is 10.2 Å². The number of hydrogen-bond acceptors (Lipinski definition) is 7. The van der Waals surface area contributed by atoms with E-state index in [1.165, 1.54) is 27.3 Å². The molecule has 0 atom stereocenters. The van der Waals surface area contributed by atoms with Crippen LogP contribution in [0.2, 0.25) is 0 Å². The normalized spacial score (nSPS) is 17.1. The molecule has 27 heavy (non-hydrogen) atoms. The maximum atomic E-state index is 12.8. The second-order valence-electron chi connectivity index (χ2n) is 6.28. The molecule has 0 aliphatic carbocycles. The summed E-state index contributed by atoms with van der Waals surface area (Å²) in [7, 11) is -5.75. The zero-order chi connectivity index (χ0) is 19.7. The Morgan fingerprint density at radius 2 is 1.74 bits per heavy atom. The number of aromatic nitrogens is 3. The van der Waals surface area contributed by atoms with Crippen molar-refractivity contribution >= 4 is 19.9 Å². The first-order chi connectivity index (χ1) is 12.8. The molecule has 148 valence electrons. The lowest BCUT2D eigenvalue weighted by Gasteiger charge is -2.30. The Hall–Kier alpha value is -1.98. The number of benzene rings is 1. The zero-order valence-corrected chi connectivity index (χ0v) is 16.8. The van der Waals surface area contributed by atoms with Gasteiger partial charge in [0.25, 0.3) is 0 Å². The van der Waals surface area contributed by atoms with Crippen molar-refractivity contribution < 1.29 is 21.6 Å². The lowest BCUT2D eigenvalue weighted by molar-refractivity contribution is 0.339. The van der Waals surface area contributed by atoms with Gasteiger partial charge >= 0.3 is 0 Å². The Labute approximate surface area is 158 Å². The molecule has 0 amide bonds. The number of aryl methyl sites for hydroxylation is 1. The van der Waals surface area contributed by atoms with Crippen molar-refractivity contribution in [3.05, 3.63) is 30.6 Å². The van der Waals surface area contributed by atoms with Crippen LogP contribution >= 0.6 is 0 Å². The molecule has 1 fully saturated rings. The van der Waals surface area contributed by atoms with E-state index in [9.17, 15) is 16.8 Å². The van der Waals surface area contributed by atoms with E-state index in [0.29, 0.717) is 12.4 Å². The van der Waals surface area contributed by atoms with Gasteiger partial charge in [-0.05, 0) is 44.0 Å². The molecule has 11 heteroatoms. The standard InChI is InChI=1S/C16H22N4O5S2/c1-3-25-13-4-6-15(7-5-13)27(23,24)20-10-8-14(9-11-20)26(21,22)16-18-17-12-19(16)2/h4-7,12,14H,3,8-11H2,1-2H3. The van der Waals surface area contributed by atoms with Crippen LogP contribution in [0.15, 0.2) is 40.6 Å². The van der Waals surface area contributed by atoms with Gasteiger partial charge < -0.3 is 9.30 Å². The Kier molecular flexibility index (Phi) is 5.54. The first kappa shape index (κ1) is 19.8. The van der Waals surface area contributed by atoms with Crippen molar-refractivity contribution in [2.75, 3.05) is 19.7 Å². The highest BCUT2D eigenvalue weighted by Crippen LogP contribution is 2.27. The smallest absolute Gasteiger partial charge is 0.249 e. The fourth-order valence-corrected chi connectivity index (χ4v) is 6.29. The number of hydrogen-bond donors (Lipinski definition) is 0. The van der Waals surface area contributed by atoms with Gasteiger partial charge in [-0.25, -0.2) is 16.8 Å². The van der Waals surface area contributed by atoms with Crippen LogP contribution in [0.25, 0.3) is 0 Å². The Morgan fingerprint density at radius 3 is 2.26 bits per heavy atom. The van der Waals surface area contributed by atoms with Crippen LogP contribution in [0, 0.1) is 0 Å². The SMILES string of the molecule is CCOc1ccc(S(=O)(=O)N2CCC(S(=O)(=O)c3nncn3C)CC2)cc1. The summed E-state index contributed by atoms with van der Waals surface area (Å²) in [6.07, 6.45) is 1.76. The van der Waals surface area contributed by atoms with Crippen LogP contribution in [0.1, 0.15) is 19.8 Å². The molecular formula is C16H22N4O5S2. The summed E-state index contributed by atoms with van der Waals surface area (Å²) >= 11 is 0. The van der Waals surface area contributed by atoms with E-state index < -0.39 is 25.1 Å². The molecule has 0 unspecified atom stereocenters. The third-order valence-corrected chi connectivity index (χ3v) is 8.68. The summed E-state index contributed by atoms with van der Waals surface area (Å²) in [4.78, 5) is 0.167. The first-order valence-corrected chi connectivity index (χ1v) is 11.6. The molecule has 1 aromatic heterocycles. The van der Waals surface area contributed by atoms with E-state index in [0.717, 1.165) is 0 Å². The fraction of sp³-hybridized carbons (Fsp3) is 0.500. The van der Waals surface area contributed by atoms with Crippen LogP contribution < -0.4 is 4.74 Å². The Bertz CT molecular complexity index is 992. The molecule has 9 nitrogen and oxygen atoms in total. The largest absolute Gasteiger partial charge is 0.494 e. The van der Waals surface area contributed by atoms with E-state index in [2.05, 4.69) is 10.2 Å². The molecule has 1 aliphatic rings. The number of nitrogens with zero attached hydrogens (tertiary/aromatic N) is 4. The number of rotatable bonds is 6. The summed E-state index contributed by atoms with van der Waals surface area (Å²) < 4.78 is 59.0. The second kappa shape index (κ2) is 7.56. The van der Waals surface area contributed by atoms with Crippen LogP contribution in [0.4, 0.5) is 0 Å². The maximum Gasteiger partial charge on any atom is 0.249 e. The second-order valence-corrected chi connectivity index (χ2v) is 10.3. The quantitative estimate of drug-likeness (QED) is 0.688. The van der Waals surface area contributed by atoms with E-state index >= 15 is 0 Å². The average Bonchev–Trinajstić information content (AvgIpc) is 3.09. The highest BCUT2D eigenvalue weighted by Gasteiger charge is 2.37. The number of ether oxygens (including phenoxy) is 1. The summed E-state index contributed by atoms with van der Waals surface area (Å²) in [6.45, 7) is 2.62. The van der Waals surface area contributed by atoms with Crippen molar-refractivity contribution in [3.8, 4) is 5.75 Å². The highest BCUT2D eigenvalue weighted by atomic mass is 32.2. The van der Waals surface area contributed by atoms with Crippen LogP contribution in [0.5, 0.6) is 5.75 Å². The minimum absolute atomic E-state index is 0.0877. The van der Waals surface area contributed by atoms with E-state index in [1.54, 1.807) is 19.2 Å². The number of sulfonamides is 1. The summed E-state index contributed by atoms with van der Waals surface area (Å²) in [5.41, 5.74) is 0. The van der Waals surface area contributed by atoms with E-state index in [4.69, 9.17) is 4.74 Å². The molecule has 1 aromatic carbocycles. The molecule has 0 radical (unpaired) electrons. The molecule has 0 bridgehead atoms. The van der Waals surface area contributed by atoms with Gasteiger partial charge in [0.05, 0.1) is 16.8 Å². The molecule has 0 saturated carbocycles. The molecule has 0 spiro atoms. The topological polar surface area (TPSA) is 111 Å². The van der Waals surface area contributed by atoms with Gasteiger partial charge in [-0.1, -0.05) is 0 Å². The predicted molar refractivity (Wildman–Crippen MR) is 97.6 cm³/mol. The van der Waals surface area contributed by atoms with Crippen molar-refractivity contribution in [1.29, 1.82) is 0 Å². The third kappa shape index (κ3) is 3.85. The average molecular weight is 415 g/mol. The molecular weight excluding hydrogens is 392 g/mol. The van der Waals surface area contributed by atoms with Crippen molar-refractivity contribution in [3.63, 3.8) is 0 Å². The minimum Gasteiger partial charge on any atom is -0.494 e. The summed E-state index contributed by atoms with van der Waals surface area (Å²) in [5, 5.41) is 6.54. The van der Waals surface area contributed by atoms with Crippen LogP contribution in [-0.2, 0) is 26.9 Å². The van der Waals surface area contributed by atoms with Crippen LogP contribution in [-0.4, -0.2) is 60.9 Å². The van der Waals surface area contributed by atoms with Gasteiger partial charge in [0, 0.05) is 20.1 Å². The van der Waals surface area contributed by atoms with Gasteiger partial charge in [0.15, 0.2) is 0 Å².